The average Bonchev–Trinajstić information content (AvgIpc) is 2.46. The first-order chi connectivity index (χ1) is 10.1. The molecular formula is C16H23NO3S. The number of sulfone groups is 1. The molecule has 2 bridgehead atoms. The Labute approximate surface area is 126 Å². The molecule has 3 atom stereocenters. The van der Waals surface area contributed by atoms with E-state index in [2.05, 4.69) is 4.90 Å². The van der Waals surface area contributed by atoms with Gasteiger partial charge in [-0.05, 0) is 37.8 Å². The SMILES string of the molecule is O=S(=O)(CCN1[C@@H]2CCC[C@H]1CC(O)C2)c1ccccc1. The van der Waals surface area contributed by atoms with Crippen molar-refractivity contribution in [2.45, 2.75) is 55.2 Å². The Hall–Kier alpha value is -0.910. The Morgan fingerprint density at radius 1 is 1.10 bits per heavy atom. The largest absolute Gasteiger partial charge is 0.393 e. The van der Waals surface area contributed by atoms with E-state index in [1.807, 2.05) is 6.07 Å². The fraction of sp³-hybridized carbons (Fsp3) is 0.625. The van der Waals surface area contributed by atoms with Crippen molar-refractivity contribution in [1.29, 1.82) is 0 Å². The van der Waals surface area contributed by atoms with Crippen molar-refractivity contribution >= 4 is 9.84 Å². The molecule has 116 valence electrons. The Morgan fingerprint density at radius 3 is 2.33 bits per heavy atom. The first-order valence-corrected chi connectivity index (χ1v) is 9.43. The van der Waals surface area contributed by atoms with Crippen LogP contribution in [0.25, 0.3) is 0 Å². The zero-order chi connectivity index (χ0) is 14.9. The molecule has 0 spiro atoms. The number of hydrogen-bond donors (Lipinski definition) is 1. The normalized spacial score (nSPS) is 30.2. The van der Waals surface area contributed by atoms with Gasteiger partial charge < -0.3 is 5.11 Å². The Morgan fingerprint density at radius 2 is 1.71 bits per heavy atom. The van der Waals surface area contributed by atoms with Gasteiger partial charge in [0, 0.05) is 18.6 Å². The number of fused-ring (bicyclic) bond motifs is 2. The van der Waals surface area contributed by atoms with Crippen LogP contribution in [0, 0.1) is 0 Å². The highest BCUT2D eigenvalue weighted by atomic mass is 32.2. The minimum atomic E-state index is -3.21. The third-order valence-corrected chi connectivity index (χ3v) is 6.53. The molecule has 1 unspecified atom stereocenters. The van der Waals surface area contributed by atoms with Crippen LogP contribution in [0.2, 0.25) is 0 Å². The monoisotopic (exact) mass is 309 g/mol. The van der Waals surface area contributed by atoms with Crippen LogP contribution in [-0.4, -0.2) is 48.9 Å². The van der Waals surface area contributed by atoms with E-state index in [0.717, 1.165) is 25.7 Å². The second-order valence-corrected chi connectivity index (χ2v) is 8.34. The smallest absolute Gasteiger partial charge is 0.179 e. The average molecular weight is 309 g/mol. The first kappa shape index (κ1) is 15.0. The molecule has 0 amide bonds. The van der Waals surface area contributed by atoms with Crippen molar-refractivity contribution in [3.05, 3.63) is 30.3 Å². The minimum Gasteiger partial charge on any atom is -0.393 e. The van der Waals surface area contributed by atoms with E-state index in [4.69, 9.17) is 0 Å². The predicted octanol–water partition coefficient (Wildman–Crippen LogP) is 1.84. The first-order valence-electron chi connectivity index (χ1n) is 7.78. The van der Waals surface area contributed by atoms with Crippen molar-refractivity contribution in [1.82, 2.24) is 4.90 Å². The van der Waals surface area contributed by atoms with Gasteiger partial charge in [0.15, 0.2) is 9.84 Å². The van der Waals surface area contributed by atoms with E-state index in [0.29, 0.717) is 23.5 Å². The number of aliphatic hydroxyl groups excluding tert-OH is 1. The number of nitrogens with zero attached hydrogens (tertiary/aromatic N) is 1. The van der Waals surface area contributed by atoms with Gasteiger partial charge in [0.25, 0.3) is 0 Å². The van der Waals surface area contributed by atoms with Gasteiger partial charge in [-0.1, -0.05) is 24.6 Å². The van der Waals surface area contributed by atoms with Crippen LogP contribution >= 0.6 is 0 Å². The highest BCUT2D eigenvalue weighted by Crippen LogP contribution is 2.33. The third kappa shape index (κ3) is 3.30. The Balaban J connectivity index is 1.67. The summed E-state index contributed by atoms with van der Waals surface area (Å²) in [5.41, 5.74) is 0. The lowest BCUT2D eigenvalue weighted by atomic mass is 9.83. The lowest BCUT2D eigenvalue weighted by Crippen LogP contribution is -2.54. The van der Waals surface area contributed by atoms with Crippen LogP contribution in [0.1, 0.15) is 32.1 Å². The van der Waals surface area contributed by atoms with Crippen molar-refractivity contribution in [3.8, 4) is 0 Å². The van der Waals surface area contributed by atoms with Crippen LogP contribution < -0.4 is 0 Å². The van der Waals surface area contributed by atoms with Gasteiger partial charge >= 0.3 is 0 Å². The van der Waals surface area contributed by atoms with Crippen LogP contribution in [0.4, 0.5) is 0 Å². The van der Waals surface area contributed by atoms with Crippen LogP contribution in [0.3, 0.4) is 0 Å². The number of piperidine rings is 2. The highest BCUT2D eigenvalue weighted by molar-refractivity contribution is 7.91. The molecular weight excluding hydrogens is 286 g/mol. The quantitative estimate of drug-likeness (QED) is 0.922. The maximum atomic E-state index is 12.4. The van der Waals surface area contributed by atoms with Gasteiger partial charge in [0.2, 0.25) is 0 Å². The molecule has 2 aliphatic heterocycles. The van der Waals surface area contributed by atoms with Crippen molar-refractivity contribution in [3.63, 3.8) is 0 Å². The molecule has 1 aromatic rings. The molecule has 21 heavy (non-hydrogen) atoms. The fourth-order valence-corrected chi connectivity index (χ4v) is 5.04. The molecule has 0 radical (unpaired) electrons. The fourth-order valence-electron chi connectivity index (χ4n) is 3.79. The second kappa shape index (κ2) is 6.07. The summed E-state index contributed by atoms with van der Waals surface area (Å²) in [6, 6.07) is 9.40. The summed E-state index contributed by atoms with van der Waals surface area (Å²) in [7, 11) is -3.21. The van der Waals surface area contributed by atoms with Gasteiger partial charge in [0.1, 0.15) is 0 Å². The standard InChI is InChI=1S/C16H23NO3S/c18-15-11-13-5-4-6-14(12-15)17(13)9-10-21(19,20)16-7-2-1-3-8-16/h1-3,7-8,13-15,18H,4-6,9-12H2/t13-,14+,15?. The molecule has 5 heteroatoms. The molecule has 0 saturated carbocycles. The molecule has 0 aromatic heterocycles. The number of aliphatic hydroxyl groups is 1. The maximum Gasteiger partial charge on any atom is 0.179 e. The summed E-state index contributed by atoms with van der Waals surface area (Å²) >= 11 is 0. The highest BCUT2D eigenvalue weighted by Gasteiger charge is 2.37. The summed E-state index contributed by atoms with van der Waals surface area (Å²) < 4.78 is 24.8. The zero-order valence-corrected chi connectivity index (χ0v) is 13.0. The summed E-state index contributed by atoms with van der Waals surface area (Å²) in [4.78, 5) is 2.74. The molecule has 3 rings (SSSR count). The minimum absolute atomic E-state index is 0.167. The van der Waals surface area contributed by atoms with Gasteiger partial charge in [0.05, 0.1) is 16.8 Å². The third-order valence-electron chi connectivity index (χ3n) is 4.82. The number of benzene rings is 1. The summed E-state index contributed by atoms with van der Waals surface area (Å²) in [6.45, 7) is 0.583. The molecule has 4 nitrogen and oxygen atoms in total. The summed E-state index contributed by atoms with van der Waals surface area (Å²) in [6.07, 6.45) is 4.74. The Bertz CT molecular complexity index is 558. The van der Waals surface area contributed by atoms with Crippen LogP contribution in [0.5, 0.6) is 0 Å². The molecule has 1 N–H and O–H groups in total. The van der Waals surface area contributed by atoms with Crippen molar-refractivity contribution in [2.24, 2.45) is 0 Å². The van der Waals surface area contributed by atoms with Gasteiger partial charge in [-0.3, -0.25) is 4.90 Å². The van der Waals surface area contributed by atoms with Gasteiger partial charge in [-0.15, -0.1) is 0 Å². The predicted molar refractivity (Wildman–Crippen MR) is 81.9 cm³/mol. The number of rotatable bonds is 4. The topological polar surface area (TPSA) is 57.6 Å². The molecule has 2 fully saturated rings. The molecule has 0 aliphatic carbocycles. The summed E-state index contributed by atoms with van der Waals surface area (Å²) in [5.74, 6) is 0.167. The maximum absolute atomic E-state index is 12.4. The zero-order valence-electron chi connectivity index (χ0n) is 12.2. The van der Waals surface area contributed by atoms with E-state index in [1.54, 1.807) is 24.3 Å². The Kier molecular flexibility index (Phi) is 4.33. The van der Waals surface area contributed by atoms with E-state index in [-0.39, 0.29) is 11.9 Å². The van der Waals surface area contributed by atoms with E-state index >= 15 is 0 Å². The second-order valence-electron chi connectivity index (χ2n) is 6.23. The lowest BCUT2D eigenvalue weighted by Gasteiger charge is -2.47. The molecule has 1 aromatic carbocycles. The lowest BCUT2D eigenvalue weighted by molar-refractivity contribution is -0.0226. The summed E-state index contributed by atoms with van der Waals surface area (Å²) in [5, 5.41) is 9.89. The van der Waals surface area contributed by atoms with E-state index < -0.39 is 9.84 Å². The number of hydrogen-bond acceptors (Lipinski definition) is 4. The molecule has 2 aliphatic rings. The van der Waals surface area contributed by atoms with Crippen LogP contribution in [-0.2, 0) is 9.84 Å². The van der Waals surface area contributed by atoms with Gasteiger partial charge in [-0.2, -0.15) is 0 Å². The van der Waals surface area contributed by atoms with Crippen molar-refractivity contribution in [2.75, 3.05) is 12.3 Å². The van der Waals surface area contributed by atoms with Crippen molar-refractivity contribution < 1.29 is 13.5 Å². The molecule has 2 saturated heterocycles. The van der Waals surface area contributed by atoms with E-state index in [9.17, 15) is 13.5 Å². The van der Waals surface area contributed by atoms with Crippen LogP contribution in [0.15, 0.2) is 35.2 Å². The van der Waals surface area contributed by atoms with Gasteiger partial charge in [-0.25, -0.2) is 8.42 Å². The molecule has 2 heterocycles. The van der Waals surface area contributed by atoms with E-state index in [1.165, 1.54) is 6.42 Å².